The van der Waals surface area contributed by atoms with E-state index in [4.69, 9.17) is 14.2 Å². The second-order valence-electron chi connectivity index (χ2n) is 3.98. The van der Waals surface area contributed by atoms with Gasteiger partial charge in [-0.05, 0) is 56.5 Å². The Morgan fingerprint density at radius 2 is 1.82 bits per heavy atom. The van der Waals surface area contributed by atoms with Crippen LogP contribution in [0.15, 0.2) is 39.7 Å². The number of hydrogen-bond donors (Lipinski definition) is 0. The number of rotatable bonds is 5. The van der Waals surface area contributed by atoms with Crippen LogP contribution in [-0.2, 0) is 0 Å². The molecule has 7 heteroatoms. The van der Waals surface area contributed by atoms with Crippen LogP contribution >= 0.6 is 31.9 Å². The van der Waals surface area contributed by atoms with E-state index in [1.165, 1.54) is 0 Å². The van der Waals surface area contributed by atoms with E-state index in [2.05, 4.69) is 41.8 Å². The van der Waals surface area contributed by atoms with Crippen molar-refractivity contribution in [2.75, 3.05) is 20.8 Å². The maximum absolute atomic E-state index is 5.39. The largest absolute Gasteiger partial charge is 0.494 e. The van der Waals surface area contributed by atoms with Crippen molar-refractivity contribution in [2.45, 2.75) is 13.3 Å². The molecule has 0 N–H and O–H groups in total. The smallest absolute Gasteiger partial charge is 0.258 e. The van der Waals surface area contributed by atoms with E-state index in [0.29, 0.717) is 18.2 Å². The Bertz CT molecular complexity index is 582. The topological polar surface area (TPSA) is 53.5 Å². The van der Waals surface area contributed by atoms with Crippen molar-refractivity contribution in [3.05, 3.63) is 39.7 Å². The molecule has 0 aliphatic heterocycles. The summed E-state index contributed by atoms with van der Waals surface area (Å²) in [5.74, 6) is 1.95. The van der Waals surface area contributed by atoms with Gasteiger partial charge in [-0.1, -0.05) is 6.92 Å². The fourth-order valence-corrected chi connectivity index (χ4v) is 2.28. The molecule has 0 aromatic carbocycles. The average Bonchev–Trinajstić information content (AvgIpc) is 2.54. The van der Waals surface area contributed by atoms with Gasteiger partial charge >= 0.3 is 0 Å². The fraction of sp³-hybridized carbons (Fsp3) is 0.333. The standard InChI is InChI=1S/C9H12BrNO2.C6H6BrNO/c1-3-6-13-9-8(12-2)7(10)4-5-11-9;1-9-5-3-2-4-8-6(5)7/h4-5H,3,6H2,1-2H3;2-4H,1H3. The van der Waals surface area contributed by atoms with Crippen molar-refractivity contribution < 1.29 is 14.2 Å². The first-order valence-corrected chi connectivity index (χ1v) is 8.18. The lowest BCUT2D eigenvalue weighted by Crippen LogP contribution is -2.00. The first kappa shape index (κ1) is 18.7. The fourth-order valence-electron chi connectivity index (χ4n) is 1.42. The summed E-state index contributed by atoms with van der Waals surface area (Å²) >= 11 is 6.57. The molecular formula is C15H18Br2N2O3. The number of pyridine rings is 2. The molecule has 2 aromatic rings. The molecule has 22 heavy (non-hydrogen) atoms. The van der Waals surface area contributed by atoms with Crippen LogP contribution in [0.25, 0.3) is 0 Å². The molecule has 0 saturated carbocycles. The van der Waals surface area contributed by atoms with Gasteiger partial charge in [-0.3, -0.25) is 0 Å². The molecule has 0 radical (unpaired) electrons. The molecule has 0 saturated heterocycles. The molecule has 0 aliphatic carbocycles. The van der Waals surface area contributed by atoms with Gasteiger partial charge in [-0.2, -0.15) is 0 Å². The van der Waals surface area contributed by atoms with Crippen LogP contribution in [0.4, 0.5) is 0 Å². The molecule has 2 aromatic heterocycles. The highest BCUT2D eigenvalue weighted by atomic mass is 79.9. The third-order valence-corrected chi connectivity index (χ3v) is 3.64. The molecule has 0 amide bonds. The molecule has 0 aliphatic rings. The number of hydrogen-bond acceptors (Lipinski definition) is 5. The minimum atomic E-state index is 0.540. The van der Waals surface area contributed by atoms with Crippen molar-refractivity contribution in [1.29, 1.82) is 0 Å². The molecule has 0 atom stereocenters. The summed E-state index contributed by atoms with van der Waals surface area (Å²) < 4.78 is 17.1. The zero-order valence-corrected chi connectivity index (χ0v) is 15.8. The Hall–Kier alpha value is -1.34. The molecule has 2 heterocycles. The van der Waals surface area contributed by atoms with Crippen molar-refractivity contribution in [3.8, 4) is 17.4 Å². The zero-order chi connectivity index (χ0) is 16.4. The van der Waals surface area contributed by atoms with Gasteiger partial charge in [0, 0.05) is 12.4 Å². The van der Waals surface area contributed by atoms with E-state index in [1.54, 1.807) is 26.6 Å². The quantitative estimate of drug-likeness (QED) is 0.650. The second-order valence-corrected chi connectivity index (χ2v) is 5.58. The van der Waals surface area contributed by atoms with Gasteiger partial charge in [-0.25, -0.2) is 9.97 Å². The molecule has 0 spiro atoms. The van der Waals surface area contributed by atoms with Crippen LogP contribution in [0.5, 0.6) is 17.4 Å². The third-order valence-electron chi connectivity index (χ3n) is 2.42. The summed E-state index contributed by atoms with van der Waals surface area (Å²) in [6.45, 7) is 2.70. The minimum Gasteiger partial charge on any atom is -0.494 e. The summed E-state index contributed by atoms with van der Waals surface area (Å²) in [7, 11) is 3.21. The number of halogens is 2. The molecule has 0 fully saturated rings. The number of methoxy groups -OCH3 is 2. The lowest BCUT2D eigenvalue weighted by molar-refractivity contribution is 0.281. The number of nitrogens with zero attached hydrogens (tertiary/aromatic N) is 2. The Balaban J connectivity index is 0.000000235. The molecular weight excluding hydrogens is 416 g/mol. The Morgan fingerprint density at radius 1 is 1.05 bits per heavy atom. The maximum atomic E-state index is 5.39. The van der Waals surface area contributed by atoms with E-state index in [1.807, 2.05) is 25.1 Å². The van der Waals surface area contributed by atoms with Crippen LogP contribution in [0.3, 0.4) is 0 Å². The van der Waals surface area contributed by atoms with E-state index in [9.17, 15) is 0 Å². The highest BCUT2D eigenvalue weighted by molar-refractivity contribution is 9.10. The Morgan fingerprint density at radius 3 is 2.36 bits per heavy atom. The SMILES string of the molecule is CCCOc1nccc(Br)c1OC.COc1cccnc1Br. The molecule has 2 rings (SSSR count). The lowest BCUT2D eigenvalue weighted by Gasteiger charge is -2.09. The van der Waals surface area contributed by atoms with Crippen molar-refractivity contribution in [1.82, 2.24) is 9.97 Å². The minimum absolute atomic E-state index is 0.540. The lowest BCUT2D eigenvalue weighted by atomic mass is 10.4. The summed E-state index contributed by atoms with van der Waals surface area (Å²) in [4.78, 5) is 8.01. The normalized spacial score (nSPS) is 9.50. The third kappa shape index (κ3) is 5.81. The molecule has 120 valence electrons. The zero-order valence-electron chi connectivity index (χ0n) is 12.7. The first-order chi connectivity index (χ1) is 10.6. The van der Waals surface area contributed by atoms with E-state index >= 15 is 0 Å². The predicted molar refractivity (Wildman–Crippen MR) is 92.8 cm³/mol. The molecule has 0 unspecified atom stereocenters. The van der Waals surface area contributed by atoms with Gasteiger partial charge in [0.05, 0.1) is 25.3 Å². The highest BCUT2D eigenvalue weighted by Crippen LogP contribution is 2.32. The van der Waals surface area contributed by atoms with Gasteiger partial charge in [0.2, 0.25) is 0 Å². The van der Waals surface area contributed by atoms with Gasteiger partial charge in [0.1, 0.15) is 4.60 Å². The van der Waals surface area contributed by atoms with E-state index in [0.717, 1.165) is 21.2 Å². The van der Waals surface area contributed by atoms with Crippen molar-refractivity contribution in [3.63, 3.8) is 0 Å². The van der Waals surface area contributed by atoms with Gasteiger partial charge < -0.3 is 14.2 Å². The van der Waals surface area contributed by atoms with Crippen molar-refractivity contribution >= 4 is 31.9 Å². The van der Waals surface area contributed by atoms with Crippen molar-refractivity contribution in [2.24, 2.45) is 0 Å². The van der Waals surface area contributed by atoms with Gasteiger partial charge in [0.25, 0.3) is 5.88 Å². The number of ether oxygens (including phenoxy) is 3. The van der Waals surface area contributed by atoms with E-state index < -0.39 is 0 Å². The van der Waals surface area contributed by atoms with Crippen LogP contribution in [-0.4, -0.2) is 30.8 Å². The van der Waals surface area contributed by atoms with Gasteiger partial charge in [-0.15, -0.1) is 0 Å². The molecule has 5 nitrogen and oxygen atoms in total. The summed E-state index contributed by atoms with van der Waals surface area (Å²) in [5.41, 5.74) is 0. The van der Waals surface area contributed by atoms with Crippen LogP contribution < -0.4 is 14.2 Å². The monoisotopic (exact) mass is 432 g/mol. The van der Waals surface area contributed by atoms with Crippen LogP contribution in [0.2, 0.25) is 0 Å². The first-order valence-electron chi connectivity index (χ1n) is 6.59. The maximum Gasteiger partial charge on any atom is 0.258 e. The predicted octanol–water partition coefficient (Wildman–Crippen LogP) is 4.49. The Kier molecular flexibility index (Phi) is 8.84. The second kappa shape index (κ2) is 10.4. The molecule has 0 bridgehead atoms. The summed E-state index contributed by atoms with van der Waals surface area (Å²) in [6.07, 6.45) is 4.33. The van der Waals surface area contributed by atoms with Crippen LogP contribution in [0.1, 0.15) is 13.3 Å². The van der Waals surface area contributed by atoms with Gasteiger partial charge in [0.15, 0.2) is 11.5 Å². The van der Waals surface area contributed by atoms with Crippen LogP contribution in [0, 0.1) is 0 Å². The summed E-state index contributed by atoms with van der Waals surface area (Å²) in [5, 5.41) is 0. The number of aromatic nitrogens is 2. The highest BCUT2D eigenvalue weighted by Gasteiger charge is 2.08. The Labute approximate surface area is 147 Å². The van der Waals surface area contributed by atoms with E-state index in [-0.39, 0.29) is 0 Å². The summed E-state index contributed by atoms with van der Waals surface area (Å²) in [6, 6.07) is 5.48. The average molecular weight is 434 g/mol.